The number of hydrogen-bond donors (Lipinski definition) is 1. The summed E-state index contributed by atoms with van der Waals surface area (Å²) in [6.45, 7) is 2.32. The number of rotatable bonds is 3. The van der Waals surface area contributed by atoms with Crippen molar-refractivity contribution in [2.24, 2.45) is 5.73 Å². The number of hydrogen-bond acceptors (Lipinski definition) is 2. The molecular weight excluding hydrogens is 166 g/mol. The summed E-state index contributed by atoms with van der Waals surface area (Å²) < 4.78 is 1.68. The van der Waals surface area contributed by atoms with E-state index in [0.29, 0.717) is 12.2 Å². The predicted molar refractivity (Wildman–Crippen MR) is 48.6 cm³/mol. The third-order valence-corrected chi connectivity index (χ3v) is 1.47. The van der Waals surface area contributed by atoms with Gasteiger partial charge in [0.15, 0.2) is 0 Å². The summed E-state index contributed by atoms with van der Waals surface area (Å²) in [7, 11) is 0. The molecule has 1 rings (SSSR count). The molecule has 0 saturated heterocycles. The molecule has 0 aliphatic carbocycles. The molecule has 0 aromatic carbocycles. The first-order chi connectivity index (χ1) is 6.22. The molecule has 0 unspecified atom stereocenters. The molecule has 4 nitrogen and oxygen atoms in total. The summed E-state index contributed by atoms with van der Waals surface area (Å²) in [4.78, 5) is 10.5. The maximum Gasteiger partial charge on any atom is 0.223 e. The van der Waals surface area contributed by atoms with E-state index in [4.69, 9.17) is 5.73 Å². The molecule has 1 amide bonds. The maximum absolute atomic E-state index is 10.5. The van der Waals surface area contributed by atoms with Gasteiger partial charge in [0.05, 0.1) is 12.1 Å². The van der Waals surface area contributed by atoms with Crippen LogP contribution >= 0.6 is 0 Å². The molecule has 4 heteroatoms. The second kappa shape index (κ2) is 4.31. The molecule has 0 aliphatic heterocycles. The number of nitrogens with zero attached hydrogens (tertiary/aromatic N) is 2. The van der Waals surface area contributed by atoms with Gasteiger partial charge in [-0.15, -0.1) is 5.92 Å². The zero-order valence-corrected chi connectivity index (χ0v) is 7.45. The van der Waals surface area contributed by atoms with E-state index in [1.54, 1.807) is 23.9 Å². The smallest absolute Gasteiger partial charge is 0.223 e. The Hall–Kier alpha value is -1.76. The molecule has 1 aromatic heterocycles. The van der Waals surface area contributed by atoms with Gasteiger partial charge in [0.1, 0.15) is 6.54 Å². The largest absolute Gasteiger partial charge is 0.369 e. The summed E-state index contributed by atoms with van der Waals surface area (Å²) >= 11 is 0. The Kier molecular flexibility index (Phi) is 3.09. The van der Waals surface area contributed by atoms with E-state index < -0.39 is 0 Å². The van der Waals surface area contributed by atoms with E-state index in [2.05, 4.69) is 16.9 Å². The van der Waals surface area contributed by atoms with Crippen molar-refractivity contribution < 1.29 is 4.79 Å². The van der Waals surface area contributed by atoms with Gasteiger partial charge in [0.2, 0.25) is 5.91 Å². The van der Waals surface area contributed by atoms with Crippen LogP contribution in [-0.2, 0) is 17.8 Å². The number of carbonyl (C=O) groups is 1. The second-order valence-electron chi connectivity index (χ2n) is 2.57. The topological polar surface area (TPSA) is 60.9 Å². The van der Waals surface area contributed by atoms with Crippen LogP contribution in [0.25, 0.3) is 0 Å². The van der Waals surface area contributed by atoms with E-state index >= 15 is 0 Å². The standard InChI is InChI=1S/C9H11N3O/c1-2-3-5-12-6-4-8(11-12)7-9(10)13/h4,6H,5,7H2,1H3,(H2,10,13). The number of nitrogens with two attached hydrogens (primary N) is 1. The predicted octanol–water partition coefficient (Wildman–Crippen LogP) is -0.0658. The van der Waals surface area contributed by atoms with Gasteiger partial charge >= 0.3 is 0 Å². The second-order valence-corrected chi connectivity index (χ2v) is 2.57. The highest BCUT2D eigenvalue weighted by Crippen LogP contribution is 1.95. The summed E-state index contributed by atoms with van der Waals surface area (Å²) in [6.07, 6.45) is 1.97. The molecule has 0 atom stereocenters. The van der Waals surface area contributed by atoms with Crippen LogP contribution in [0.3, 0.4) is 0 Å². The van der Waals surface area contributed by atoms with Crippen LogP contribution in [0, 0.1) is 11.8 Å². The zero-order chi connectivity index (χ0) is 9.68. The fraction of sp³-hybridized carbons (Fsp3) is 0.333. The van der Waals surface area contributed by atoms with Gasteiger partial charge in [-0.3, -0.25) is 9.48 Å². The Labute approximate surface area is 76.7 Å². The summed E-state index contributed by atoms with van der Waals surface area (Å²) in [5.41, 5.74) is 5.70. The van der Waals surface area contributed by atoms with E-state index in [9.17, 15) is 4.79 Å². The number of primary amides is 1. The molecule has 0 aliphatic rings. The molecule has 0 fully saturated rings. The van der Waals surface area contributed by atoms with Crippen molar-refractivity contribution in [1.82, 2.24) is 9.78 Å². The number of carbonyl (C=O) groups excluding carboxylic acids is 1. The van der Waals surface area contributed by atoms with Crippen molar-refractivity contribution in [2.45, 2.75) is 19.9 Å². The molecule has 2 N–H and O–H groups in total. The highest BCUT2D eigenvalue weighted by molar-refractivity contribution is 5.75. The molecule has 0 bridgehead atoms. The highest BCUT2D eigenvalue weighted by atomic mass is 16.1. The van der Waals surface area contributed by atoms with Crippen LogP contribution in [0.4, 0.5) is 0 Å². The third kappa shape index (κ3) is 2.99. The zero-order valence-electron chi connectivity index (χ0n) is 7.45. The van der Waals surface area contributed by atoms with Crippen LogP contribution in [0.15, 0.2) is 12.3 Å². The van der Waals surface area contributed by atoms with Crippen LogP contribution < -0.4 is 5.73 Å². The Morgan fingerprint density at radius 1 is 1.77 bits per heavy atom. The quantitative estimate of drug-likeness (QED) is 0.657. The normalized spacial score (nSPS) is 9.00. The average Bonchev–Trinajstić information content (AvgIpc) is 2.48. The molecular formula is C9H11N3O. The van der Waals surface area contributed by atoms with Crippen LogP contribution in [0.5, 0.6) is 0 Å². The highest BCUT2D eigenvalue weighted by Gasteiger charge is 2.01. The van der Waals surface area contributed by atoms with E-state index in [-0.39, 0.29) is 12.3 Å². The van der Waals surface area contributed by atoms with Crippen molar-refractivity contribution in [3.05, 3.63) is 18.0 Å². The van der Waals surface area contributed by atoms with Crippen LogP contribution in [-0.4, -0.2) is 15.7 Å². The first kappa shape index (κ1) is 9.33. The summed E-state index contributed by atoms with van der Waals surface area (Å²) in [6, 6.07) is 1.77. The number of amides is 1. The fourth-order valence-corrected chi connectivity index (χ4v) is 0.925. The van der Waals surface area contributed by atoms with Crippen molar-refractivity contribution in [2.75, 3.05) is 0 Å². The van der Waals surface area contributed by atoms with Gasteiger partial charge in [-0.05, 0) is 13.0 Å². The lowest BCUT2D eigenvalue weighted by atomic mass is 10.3. The van der Waals surface area contributed by atoms with Gasteiger partial charge in [-0.2, -0.15) is 5.10 Å². The Morgan fingerprint density at radius 3 is 3.15 bits per heavy atom. The molecule has 0 radical (unpaired) electrons. The molecule has 1 aromatic rings. The van der Waals surface area contributed by atoms with Crippen molar-refractivity contribution in [1.29, 1.82) is 0 Å². The minimum atomic E-state index is -0.369. The summed E-state index contributed by atoms with van der Waals surface area (Å²) in [5.74, 6) is 5.26. The van der Waals surface area contributed by atoms with E-state index in [1.807, 2.05) is 0 Å². The lowest BCUT2D eigenvalue weighted by molar-refractivity contribution is -0.117. The van der Waals surface area contributed by atoms with Gasteiger partial charge < -0.3 is 5.73 Å². The van der Waals surface area contributed by atoms with Gasteiger partial charge in [-0.1, -0.05) is 5.92 Å². The Morgan fingerprint density at radius 2 is 2.54 bits per heavy atom. The molecule has 0 saturated carbocycles. The lowest BCUT2D eigenvalue weighted by Crippen LogP contribution is -2.14. The Balaban J connectivity index is 2.61. The molecule has 13 heavy (non-hydrogen) atoms. The minimum Gasteiger partial charge on any atom is -0.369 e. The average molecular weight is 177 g/mol. The van der Waals surface area contributed by atoms with Gasteiger partial charge in [0.25, 0.3) is 0 Å². The Bertz CT molecular complexity index is 356. The fourth-order valence-electron chi connectivity index (χ4n) is 0.925. The van der Waals surface area contributed by atoms with E-state index in [1.165, 1.54) is 0 Å². The molecule has 1 heterocycles. The van der Waals surface area contributed by atoms with Gasteiger partial charge in [-0.25, -0.2) is 0 Å². The van der Waals surface area contributed by atoms with Crippen LogP contribution in [0.2, 0.25) is 0 Å². The van der Waals surface area contributed by atoms with Gasteiger partial charge in [0, 0.05) is 6.20 Å². The molecule has 0 spiro atoms. The number of aromatic nitrogens is 2. The minimum absolute atomic E-state index is 0.187. The first-order valence-electron chi connectivity index (χ1n) is 3.92. The third-order valence-electron chi connectivity index (χ3n) is 1.47. The van der Waals surface area contributed by atoms with E-state index in [0.717, 1.165) is 0 Å². The SMILES string of the molecule is CC#CCn1ccc(CC(N)=O)n1. The van der Waals surface area contributed by atoms with Crippen LogP contribution in [0.1, 0.15) is 12.6 Å². The first-order valence-corrected chi connectivity index (χ1v) is 3.92. The van der Waals surface area contributed by atoms with Crippen molar-refractivity contribution in [3.63, 3.8) is 0 Å². The molecule has 68 valence electrons. The van der Waals surface area contributed by atoms with Crippen molar-refractivity contribution >= 4 is 5.91 Å². The lowest BCUT2D eigenvalue weighted by Gasteiger charge is -1.92. The monoisotopic (exact) mass is 177 g/mol. The maximum atomic E-state index is 10.5. The summed E-state index contributed by atoms with van der Waals surface area (Å²) in [5, 5.41) is 4.10. The van der Waals surface area contributed by atoms with Crippen molar-refractivity contribution in [3.8, 4) is 11.8 Å².